The number of aryl methyl sites for hydroxylation is 1. The molecule has 1 amide bonds. The second kappa shape index (κ2) is 8.04. The second-order valence-electron chi connectivity index (χ2n) is 6.36. The zero-order valence-corrected chi connectivity index (χ0v) is 15.1. The molecular weight excluding hydrogens is 330 g/mol. The lowest BCUT2D eigenvalue weighted by atomic mass is 10.1. The fourth-order valence-corrected chi connectivity index (χ4v) is 2.95. The number of anilines is 1. The van der Waals surface area contributed by atoms with Crippen LogP contribution in [-0.4, -0.2) is 31.4 Å². The van der Waals surface area contributed by atoms with Gasteiger partial charge in [-0.1, -0.05) is 24.6 Å². The van der Waals surface area contributed by atoms with Gasteiger partial charge in [0.15, 0.2) is 6.10 Å². The lowest BCUT2D eigenvalue weighted by molar-refractivity contribution is -0.126. The van der Waals surface area contributed by atoms with Gasteiger partial charge in [-0.3, -0.25) is 9.59 Å². The Kier molecular flexibility index (Phi) is 5.56. The van der Waals surface area contributed by atoms with Crippen molar-refractivity contribution >= 4 is 17.9 Å². The fourth-order valence-electron chi connectivity index (χ4n) is 2.95. The first-order valence-corrected chi connectivity index (χ1v) is 8.89. The minimum absolute atomic E-state index is 0.0709. The molecule has 0 spiro atoms. The van der Waals surface area contributed by atoms with Gasteiger partial charge in [-0.15, -0.1) is 0 Å². The zero-order valence-electron chi connectivity index (χ0n) is 15.1. The molecular formula is C21H23NO4. The molecule has 0 saturated heterocycles. The number of benzene rings is 2. The third kappa shape index (κ3) is 3.87. The van der Waals surface area contributed by atoms with Gasteiger partial charge in [0.2, 0.25) is 0 Å². The number of amides is 1. The fraction of sp³-hybridized carbons (Fsp3) is 0.333. The molecule has 0 bridgehead atoms. The summed E-state index contributed by atoms with van der Waals surface area (Å²) in [6, 6.07) is 13.0. The van der Waals surface area contributed by atoms with Gasteiger partial charge in [0.05, 0.1) is 12.3 Å². The molecule has 3 rings (SSSR count). The van der Waals surface area contributed by atoms with Crippen LogP contribution in [-0.2, 0) is 4.79 Å². The summed E-state index contributed by atoms with van der Waals surface area (Å²) in [7, 11) is 0. The Morgan fingerprint density at radius 2 is 1.96 bits per heavy atom. The van der Waals surface area contributed by atoms with Gasteiger partial charge >= 0.3 is 0 Å². The highest BCUT2D eigenvalue weighted by molar-refractivity contribution is 6.00. The Bertz CT molecular complexity index is 785. The van der Waals surface area contributed by atoms with Crippen molar-refractivity contribution < 1.29 is 19.1 Å². The van der Waals surface area contributed by atoms with Crippen molar-refractivity contribution in [1.82, 2.24) is 0 Å². The van der Waals surface area contributed by atoms with Crippen molar-refractivity contribution in [3.05, 3.63) is 53.6 Å². The number of carbonyl (C=O) groups excluding carboxylic acids is 2. The van der Waals surface area contributed by atoms with E-state index in [1.54, 1.807) is 23.1 Å². The van der Waals surface area contributed by atoms with E-state index in [-0.39, 0.29) is 5.91 Å². The molecule has 1 heterocycles. The van der Waals surface area contributed by atoms with E-state index < -0.39 is 6.10 Å². The van der Waals surface area contributed by atoms with Crippen molar-refractivity contribution in [1.29, 1.82) is 0 Å². The van der Waals surface area contributed by atoms with Crippen LogP contribution in [0.3, 0.4) is 0 Å². The first kappa shape index (κ1) is 18.0. The number of ether oxygens (including phenoxy) is 2. The molecule has 2 aromatic rings. The van der Waals surface area contributed by atoms with Crippen LogP contribution in [0.2, 0.25) is 0 Å². The maximum Gasteiger partial charge on any atom is 0.268 e. The van der Waals surface area contributed by atoms with Crippen LogP contribution < -0.4 is 14.4 Å². The molecule has 5 nitrogen and oxygen atoms in total. The zero-order chi connectivity index (χ0) is 18.5. The predicted molar refractivity (Wildman–Crippen MR) is 100 cm³/mol. The molecule has 0 fully saturated rings. The Morgan fingerprint density at radius 3 is 2.65 bits per heavy atom. The summed E-state index contributed by atoms with van der Waals surface area (Å²) in [4.78, 5) is 25.5. The third-order valence-corrected chi connectivity index (χ3v) is 4.41. The Morgan fingerprint density at radius 1 is 1.19 bits per heavy atom. The minimum atomic E-state index is -0.484. The maximum atomic E-state index is 12.7. The van der Waals surface area contributed by atoms with E-state index >= 15 is 0 Å². The monoisotopic (exact) mass is 353 g/mol. The highest BCUT2D eigenvalue weighted by Gasteiger charge is 2.33. The smallest absolute Gasteiger partial charge is 0.268 e. The van der Waals surface area contributed by atoms with Crippen LogP contribution in [0.1, 0.15) is 35.7 Å². The van der Waals surface area contributed by atoms with Gasteiger partial charge in [0.1, 0.15) is 17.8 Å². The molecule has 1 aliphatic heterocycles. The third-order valence-electron chi connectivity index (χ3n) is 4.41. The number of hydrogen-bond donors (Lipinski definition) is 0. The van der Waals surface area contributed by atoms with Crippen LogP contribution in [0.25, 0.3) is 0 Å². The molecule has 0 aliphatic carbocycles. The number of aldehydes is 1. The molecule has 0 saturated carbocycles. The van der Waals surface area contributed by atoms with E-state index in [2.05, 4.69) is 0 Å². The van der Waals surface area contributed by atoms with Crippen molar-refractivity contribution in [2.24, 2.45) is 0 Å². The van der Waals surface area contributed by atoms with Crippen LogP contribution in [0, 0.1) is 6.92 Å². The summed E-state index contributed by atoms with van der Waals surface area (Å²) < 4.78 is 11.5. The topological polar surface area (TPSA) is 55.8 Å². The first-order chi connectivity index (χ1) is 12.6. The first-order valence-electron chi connectivity index (χ1n) is 8.89. The van der Waals surface area contributed by atoms with Crippen LogP contribution in [0.15, 0.2) is 42.5 Å². The summed E-state index contributed by atoms with van der Waals surface area (Å²) in [6.07, 6.45) is 1.57. The summed E-state index contributed by atoms with van der Waals surface area (Å²) in [6.45, 7) is 4.97. The summed E-state index contributed by atoms with van der Waals surface area (Å²) in [5.74, 6) is 1.39. The lowest BCUT2D eigenvalue weighted by Gasteiger charge is -2.34. The molecule has 136 valence electrons. The number of carbonyl (C=O) groups is 2. The number of fused-ring (bicyclic) bond motifs is 1. The van der Waals surface area contributed by atoms with E-state index in [4.69, 9.17) is 9.47 Å². The van der Waals surface area contributed by atoms with Gasteiger partial charge in [0.25, 0.3) is 5.91 Å². The summed E-state index contributed by atoms with van der Waals surface area (Å²) >= 11 is 0. The SMILES string of the molecule is CCC1Oc2ccc(C=O)cc2N(CCCOc2ccc(C)cc2)C1=O. The Hall–Kier alpha value is -2.82. The molecule has 0 aromatic heterocycles. The molecule has 26 heavy (non-hydrogen) atoms. The maximum absolute atomic E-state index is 12.7. The number of hydrogen-bond acceptors (Lipinski definition) is 4. The van der Waals surface area contributed by atoms with E-state index in [1.165, 1.54) is 5.56 Å². The molecule has 1 unspecified atom stereocenters. The average Bonchev–Trinajstić information content (AvgIpc) is 2.67. The predicted octanol–water partition coefficient (Wildman–Crippen LogP) is 3.78. The number of nitrogens with zero attached hydrogens (tertiary/aromatic N) is 1. The van der Waals surface area contributed by atoms with Crippen molar-refractivity contribution in [2.75, 3.05) is 18.1 Å². The second-order valence-corrected chi connectivity index (χ2v) is 6.36. The highest BCUT2D eigenvalue weighted by Crippen LogP contribution is 2.35. The largest absolute Gasteiger partial charge is 0.494 e. The van der Waals surface area contributed by atoms with Crippen LogP contribution in [0.5, 0.6) is 11.5 Å². The van der Waals surface area contributed by atoms with E-state index in [9.17, 15) is 9.59 Å². The van der Waals surface area contributed by atoms with E-state index in [1.807, 2.05) is 38.1 Å². The highest BCUT2D eigenvalue weighted by atomic mass is 16.5. The van der Waals surface area contributed by atoms with Crippen LogP contribution >= 0.6 is 0 Å². The number of rotatable bonds is 7. The molecule has 0 radical (unpaired) electrons. The van der Waals surface area contributed by atoms with E-state index in [0.717, 1.165) is 12.0 Å². The minimum Gasteiger partial charge on any atom is -0.494 e. The summed E-state index contributed by atoms with van der Waals surface area (Å²) in [5.41, 5.74) is 2.36. The van der Waals surface area contributed by atoms with Gasteiger partial charge in [-0.2, -0.15) is 0 Å². The Labute approximate surface area is 153 Å². The molecule has 0 N–H and O–H groups in total. The molecule has 2 aromatic carbocycles. The molecule has 1 atom stereocenters. The normalized spacial score (nSPS) is 16.0. The van der Waals surface area contributed by atoms with Crippen LogP contribution in [0.4, 0.5) is 5.69 Å². The molecule has 5 heteroatoms. The van der Waals surface area contributed by atoms with Crippen molar-refractivity contribution in [2.45, 2.75) is 32.8 Å². The average molecular weight is 353 g/mol. The van der Waals surface area contributed by atoms with Gasteiger partial charge in [-0.05, 0) is 50.1 Å². The standard InChI is InChI=1S/C21H23NO4/c1-3-19-21(24)22(18-13-16(14-23)7-10-20(18)26-19)11-4-12-25-17-8-5-15(2)6-9-17/h5-10,13-14,19H,3-4,11-12H2,1-2H3. The quantitative estimate of drug-likeness (QED) is 0.561. The van der Waals surface area contributed by atoms with Gasteiger partial charge in [-0.25, -0.2) is 0 Å². The lowest BCUT2D eigenvalue weighted by Crippen LogP contribution is -2.46. The van der Waals surface area contributed by atoms with Crippen molar-refractivity contribution in [3.63, 3.8) is 0 Å². The van der Waals surface area contributed by atoms with Gasteiger partial charge < -0.3 is 14.4 Å². The Balaban J connectivity index is 1.68. The molecule has 1 aliphatic rings. The van der Waals surface area contributed by atoms with E-state index in [0.29, 0.717) is 43.0 Å². The van der Waals surface area contributed by atoms with Crippen molar-refractivity contribution in [3.8, 4) is 11.5 Å². The summed E-state index contributed by atoms with van der Waals surface area (Å²) in [5, 5.41) is 0. The van der Waals surface area contributed by atoms with Gasteiger partial charge in [0, 0.05) is 12.1 Å².